The molecule has 0 spiro atoms. The first-order chi connectivity index (χ1) is 17.3. The van der Waals surface area contributed by atoms with E-state index in [0.29, 0.717) is 16.7 Å². The molecule has 0 aliphatic heterocycles. The number of nitro benzene ring substituents is 1. The van der Waals surface area contributed by atoms with Crippen LogP contribution in [0.1, 0.15) is 31.3 Å². The second kappa shape index (κ2) is 9.91. The summed E-state index contributed by atoms with van der Waals surface area (Å²) in [6, 6.07) is 19.6. The van der Waals surface area contributed by atoms with Crippen molar-refractivity contribution in [3.8, 4) is 28.0 Å². The number of phenols is 1. The topological polar surface area (TPSA) is 175 Å². The number of nitrogens with zero attached hydrogens (tertiary/aromatic N) is 1. The second-order valence-electron chi connectivity index (χ2n) is 7.35. The third-order valence-corrected chi connectivity index (χ3v) is 5.23. The number of benzene rings is 3. The number of aromatic hydroxyl groups is 1. The number of carbonyl (C=O) groups excluding carboxylic acids is 3. The number of esters is 2. The molecule has 0 fully saturated rings. The molecular weight excluding hydrogens is 470 g/mol. The Balaban J connectivity index is 1.77. The van der Waals surface area contributed by atoms with E-state index in [0.717, 1.165) is 17.7 Å². The summed E-state index contributed by atoms with van der Waals surface area (Å²) in [6.07, 6.45) is 1.34. The van der Waals surface area contributed by atoms with Crippen LogP contribution >= 0.6 is 0 Å². The van der Waals surface area contributed by atoms with E-state index >= 15 is 0 Å². The fourth-order valence-electron chi connectivity index (χ4n) is 3.65. The molecule has 0 aliphatic rings. The van der Waals surface area contributed by atoms with Gasteiger partial charge in [-0.25, -0.2) is 15.4 Å². The molecule has 3 aromatic carbocycles. The van der Waals surface area contributed by atoms with E-state index in [9.17, 15) is 29.6 Å². The van der Waals surface area contributed by atoms with Crippen LogP contribution in [0.3, 0.4) is 0 Å². The van der Waals surface area contributed by atoms with Crippen LogP contribution in [-0.2, 0) is 4.74 Å². The van der Waals surface area contributed by atoms with E-state index in [1.54, 1.807) is 47.9 Å². The van der Waals surface area contributed by atoms with Crippen LogP contribution in [0.15, 0.2) is 83.5 Å². The Morgan fingerprint density at radius 3 is 2.11 bits per heavy atom. The predicted molar refractivity (Wildman–Crippen MR) is 126 cm³/mol. The molecule has 180 valence electrons. The van der Waals surface area contributed by atoms with Crippen molar-refractivity contribution >= 4 is 23.5 Å². The molecule has 1 amide bonds. The zero-order valence-electron chi connectivity index (χ0n) is 18.3. The lowest BCUT2D eigenvalue weighted by atomic mass is 9.97. The van der Waals surface area contributed by atoms with Gasteiger partial charge in [-0.05, 0) is 23.3 Å². The summed E-state index contributed by atoms with van der Waals surface area (Å²) in [4.78, 5) is 48.5. The van der Waals surface area contributed by atoms with Crippen LogP contribution in [0.2, 0.25) is 0 Å². The van der Waals surface area contributed by atoms with E-state index in [1.807, 2.05) is 18.2 Å². The molecule has 0 atom stereocenters. The summed E-state index contributed by atoms with van der Waals surface area (Å²) < 4.78 is 10.5. The van der Waals surface area contributed by atoms with Gasteiger partial charge in [-0.3, -0.25) is 20.3 Å². The van der Waals surface area contributed by atoms with E-state index in [4.69, 9.17) is 15.0 Å². The summed E-state index contributed by atoms with van der Waals surface area (Å²) >= 11 is 0. The van der Waals surface area contributed by atoms with E-state index in [-0.39, 0.29) is 5.76 Å². The van der Waals surface area contributed by atoms with Gasteiger partial charge in [0.1, 0.15) is 11.8 Å². The maximum atomic E-state index is 13.1. The summed E-state index contributed by atoms with van der Waals surface area (Å²) in [6.45, 7) is 0. The molecular formula is C25H17N3O8. The maximum absolute atomic E-state index is 13.1. The normalized spacial score (nSPS) is 10.5. The van der Waals surface area contributed by atoms with Gasteiger partial charge >= 0.3 is 17.6 Å². The average Bonchev–Trinajstić information content (AvgIpc) is 3.34. The first kappa shape index (κ1) is 23.9. The molecule has 11 nitrogen and oxygen atoms in total. The number of ether oxygens (including phenoxy) is 1. The summed E-state index contributed by atoms with van der Waals surface area (Å²) in [5.74, 6) is 0.0737. The molecule has 1 heterocycles. The standard InChI is InChI=1S/C25H17N3O8/c26-27-23(30)20-16(11-12-18(29)21(20)28(33)34)24(31)36-25(32)22-19(15-9-5-2-6-10-15)17(13-35-22)14-7-3-1-4-8-14/h1-13,29H,26H2,(H,27,30). The van der Waals surface area contributed by atoms with Gasteiger partial charge < -0.3 is 14.3 Å². The number of carbonyl (C=O) groups is 3. The predicted octanol–water partition coefficient (Wildman–Crippen LogP) is 3.83. The SMILES string of the molecule is NNC(=O)c1c(C(=O)OC(=O)c2occ(-c3ccccc3)c2-c2ccccc2)ccc(O)c1[N+](=O)[O-]. The Labute approximate surface area is 202 Å². The number of rotatable bonds is 6. The largest absolute Gasteiger partial charge is 0.502 e. The highest BCUT2D eigenvalue weighted by atomic mass is 16.6. The number of nitro groups is 1. The molecule has 0 bridgehead atoms. The third kappa shape index (κ3) is 4.41. The van der Waals surface area contributed by atoms with Crippen molar-refractivity contribution in [1.82, 2.24) is 5.43 Å². The van der Waals surface area contributed by atoms with Crippen molar-refractivity contribution in [1.29, 1.82) is 0 Å². The number of hydrogen-bond donors (Lipinski definition) is 3. The Bertz CT molecular complexity index is 1480. The first-order valence-corrected chi connectivity index (χ1v) is 10.3. The molecule has 4 N–H and O–H groups in total. The van der Waals surface area contributed by atoms with Crippen molar-refractivity contribution in [2.75, 3.05) is 0 Å². The van der Waals surface area contributed by atoms with Crippen LogP contribution in [-0.4, -0.2) is 27.9 Å². The van der Waals surface area contributed by atoms with Crippen LogP contribution < -0.4 is 11.3 Å². The summed E-state index contributed by atoms with van der Waals surface area (Å²) in [5, 5.41) is 21.3. The summed E-state index contributed by atoms with van der Waals surface area (Å²) in [5.41, 5.74) is 1.33. The van der Waals surface area contributed by atoms with Gasteiger partial charge in [-0.1, -0.05) is 60.7 Å². The molecule has 0 aliphatic carbocycles. The first-order valence-electron chi connectivity index (χ1n) is 10.3. The van der Waals surface area contributed by atoms with Crippen LogP contribution in [0.4, 0.5) is 5.69 Å². The van der Waals surface area contributed by atoms with Gasteiger partial charge in [-0.15, -0.1) is 0 Å². The minimum atomic E-state index is -1.39. The number of nitrogen functional groups attached to an aromatic ring is 1. The van der Waals surface area contributed by atoms with Gasteiger partial charge in [-0.2, -0.15) is 0 Å². The number of amides is 1. The number of hydrazine groups is 1. The van der Waals surface area contributed by atoms with Gasteiger partial charge in [0.2, 0.25) is 5.76 Å². The minimum Gasteiger partial charge on any atom is -0.502 e. The quantitative estimate of drug-likeness (QED) is 0.0911. The lowest BCUT2D eigenvalue weighted by Gasteiger charge is -2.10. The zero-order chi connectivity index (χ0) is 25.8. The monoisotopic (exact) mass is 487 g/mol. The number of nitrogens with two attached hydrogens (primary N) is 1. The lowest BCUT2D eigenvalue weighted by Crippen LogP contribution is -2.32. The fourth-order valence-corrected chi connectivity index (χ4v) is 3.65. The van der Waals surface area contributed by atoms with Gasteiger partial charge in [0.25, 0.3) is 5.91 Å². The Morgan fingerprint density at radius 2 is 1.53 bits per heavy atom. The van der Waals surface area contributed by atoms with Crippen molar-refractivity contribution < 1.29 is 33.6 Å². The molecule has 4 aromatic rings. The highest BCUT2D eigenvalue weighted by Gasteiger charge is 2.33. The second-order valence-corrected chi connectivity index (χ2v) is 7.35. The highest BCUT2D eigenvalue weighted by molar-refractivity contribution is 6.12. The van der Waals surface area contributed by atoms with Crippen LogP contribution in [0.25, 0.3) is 22.3 Å². The van der Waals surface area contributed by atoms with Gasteiger partial charge in [0.15, 0.2) is 5.75 Å². The van der Waals surface area contributed by atoms with Crippen LogP contribution in [0, 0.1) is 10.1 Å². The van der Waals surface area contributed by atoms with Gasteiger partial charge in [0, 0.05) is 11.1 Å². The molecule has 1 aromatic heterocycles. The Hall–Kier alpha value is -5.29. The van der Waals surface area contributed by atoms with Crippen molar-refractivity contribution in [2.24, 2.45) is 5.84 Å². The van der Waals surface area contributed by atoms with Crippen molar-refractivity contribution in [3.05, 3.63) is 106 Å². The third-order valence-electron chi connectivity index (χ3n) is 5.23. The van der Waals surface area contributed by atoms with Crippen molar-refractivity contribution in [2.45, 2.75) is 0 Å². The number of furan rings is 1. The molecule has 36 heavy (non-hydrogen) atoms. The minimum absolute atomic E-state index is 0.300. The van der Waals surface area contributed by atoms with Crippen LogP contribution in [0.5, 0.6) is 5.75 Å². The number of hydrogen-bond acceptors (Lipinski definition) is 9. The average molecular weight is 487 g/mol. The smallest absolute Gasteiger partial charge is 0.382 e. The maximum Gasteiger partial charge on any atom is 0.382 e. The highest BCUT2D eigenvalue weighted by Crippen LogP contribution is 2.37. The fraction of sp³-hybridized carbons (Fsp3) is 0. The molecule has 11 heteroatoms. The van der Waals surface area contributed by atoms with Crippen molar-refractivity contribution in [3.63, 3.8) is 0 Å². The molecule has 0 unspecified atom stereocenters. The number of nitrogens with one attached hydrogen (secondary N) is 1. The molecule has 4 rings (SSSR count). The van der Waals surface area contributed by atoms with E-state index in [1.165, 1.54) is 6.26 Å². The Kier molecular flexibility index (Phi) is 6.57. The van der Waals surface area contributed by atoms with E-state index in [2.05, 4.69) is 0 Å². The number of phenolic OH excluding ortho intramolecular Hbond substituents is 1. The van der Waals surface area contributed by atoms with Gasteiger partial charge in [0.05, 0.1) is 10.5 Å². The Morgan fingerprint density at radius 1 is 0.917 bits per heavy atom. The summed E-state index contributed by atoms with van der Waals surface area (Å²) in [7, 11) is 0. The zero-order valence-corrected chi connectivity index (χ0v) is 18.3. The van der Waals surface area contributed by atoms with E-state index < -0.39 is 45.3 Å². The lowest BCUT2D eigenvalue weighted by molar-refractivity contribution is -0.386. The molecule has 0 saturated heterocycles. The molecule has 0 radical (unpaired) electrons. The molecule has 0 saturated carbocycles.